The molecule has 1 atom stereocenters. The molecule has 0 saturated carbocycles. The Balaban J connectivity index is 2.46. The third-order valence-electron chi connectivity index (χ3n) is 4.14. The number of nitrogens with zero attached hydrogens (tertiary/aromatic N) is 2. The van der Waals surface area contributed by atoms with Crippen LogP contribution in [0.3, 0.4) is 0 Å². The van der Waals surface area contributed by atoms with Gasteiger partial charge in [0.25, 0.3) is 5.91 Å². The van der Waals surface area contributed by atoms with Crippen molar-refractivity contribution in [3.8, 4) is 0 Å². The normalized spacial score (nSPS) is 21.0. The molecule has 116 valence electrons. The van der Waals surface area contributed by atoms with Crippen molar-refractivity contribution >= 4 is 11.7 Å². The van der Waals surface area contributed by atoms with Crippen molar-refractivity contribution in [1.29, 1.82) is 0 Å². The second-order valence-corrected chi connectivity index (χ2v) is 7.37. The summed E-state index contributed by atoms with van der Waals surface area (Å²) in [5.41, 5.74) is 7.12. The zero-order chi connectivity index (χ0) is 15.8. The van der Waals surface area contributed by atoms with Gasteiger partial charge in [0.05, 0.1) is 5.56 Å². The molecule has 1 aromatic heterocycles. The number of anilines is 1. The standard InChI is InChI=1S/C17H27N3O/c1-11(2)8-13-6-7-14(15(18)21)16(19-13)20-10-12(3)9-17(20,4)5/h6-7,11-12H,8-10H2,1-5H3,(H2,18,21)/t12-/m0/s1. The Morgan fingerprint density at radius 1 is 1.48 bits per heavy atom. The molecular weight excluding hydrogens is 262 g/mol. The van der Waals surface area contributed by atoms with E-state index in [2.05, 4.69) is 39.5 Å². The molecule has 0 spiro atoms. The minimum atomic E-state index is -0.399. The van der Waals surface area contributed by atoms with Crippen molar-refractivity contribution in [2.75, 3.05) is 11.4 Å². The summed E-state index contributed by atoms with van der Waals surface area (Å²) in [5.74, 6) is 1.49. The largest absolute Gasteiger partial charge is 0.365 e. The number of carbonyl (C=O) groups is 1. The quantitative estimate of drug-likeness (QED) is 0.927. The third kappa shape index (κ3) is 3.36. The average Bonchev–Trinajstić information content (AvgIpc) is 2.61. The Morgan fingerprint density at radius 2 is 2.14 bits per heavy atom. The highest BCUT2D eigenvalue weighted by Crippen LogP contribution is 2.37. The SMILES string of the molecule is CC(C)Cc1ccc(C(N)=O)c(N2C[C@@H](C)CC2(C)C)n1. The molecule has 0 radical (unpaired) electrons. The number of rotatable bonds is 4. The zero-order valence-corrected chi connectivity index (χ0v) is 13.8. The number of hydrogen-bond donors (Lipinski definition) is 1. The third-order valence-corrected chi connectivity index (χ3v) is 4.14. The Hall–Kier alpha value is -1.58. The maximum atomic E-state index is 11.8. The van der Waals surface area contributed by atoms with E-state index in [4.69, 9.17) is 10.7 Å². The fourth-order valence-electron chi connectivity index (χ4n) is 3.38. The van der Waals surface area contributed by atoms with Crippen molar-refractivity contribution in [3.63, 3.8) is 0 Å². The molecule has 4 heteroatoms. The average molecular weight is 289 g/mol. The van der Waals surface area contributed by atoms with Gasteiger partial charge in [0.2, 0.25) is 0 Å². The predicted molar refractivity (Wildman–Crippen MR) is 86.5 cm³/mol. The van der Waals surface area contributed by atoms with Crippen LogP contribution in [-0.2, 0) is 6.42 Å². The first kappa shape index (κ1) is 15.8. The highest BCUT2D eigenvalue weighted by molar-refractivity contribution is 5.98. The number of amides is 1. The van der Waals surface area contributed by atoms with E-state index >= 15 is 0 Å². The Bertz CT molecular complexity index is 537. The molecule has 2 rings (SSSR count). The first-order valence-electron chi connectivity index (χ1n) is 7.78. The second kappa shape index (κ2) is 5.66. The van der Waals surface area contributed by atoms with E-state index in [1.54, 1.807) is 0 Å². The van der Waals surface area contributed by atoms with Gasteiger partial charge >= 0.3 is 0 Å². The van der Waals surface area contributed by atoms with Gasteiger partial charge in [0.1, 0.15) is 5.82 Å². The summed E-state index contributed by atoms with van der Waals surface area (Å²) in [6.07, 6.45) is 2.01. The zero-order valence-electron chi connectivity index (χ0n) is 13.8. The van der Waals surface area contributed by atoms with Crippen LogP contribution in [0.5, 0.6) is 0 Å². The molecule has 0 unspecified atom stereocenters. The van der Waals surface area contributed by atoms with Crippen LogP contribution in [0.1, 0.15) is 57.1 Å². The molecule has 0 bridgehead atoms. The number of aromatic nitrogens is 1. The Labute approximate surface area is 127 Å². The molecule has 0 aliphatic carbocycles. The molecule has 1 aliphatic heterocycles. The maximum absolute atomic E-state index is 11.8. The summed E-state index contributed by atoms with van der Waals surface area (Å²) < 4.78 is 0. The lowest BCUT2D eigenvalue weighted by molar-refractivity contribution is 0.100. The molecule has 21 heavy (non-hydrogen) atoms. The minimum Gasteiger partial charge on any atom is -0.365 e. The van der Waals surface area contributed by atoms with Crippen molar-refractivity contribution < 1.29 is 4.79 Å². The summed E-state index contributed by atoms with van der Waals surface area (Å²) >= 11 is 0. The van der Waals surface area contributed by atoms with Gasteiger partial charge in [0, 0.05) is 17.8 Å². The summed E-state index contributed by atoms with van der Waals surface area (Å²) in [5, 5.41) is 0. The molecule has 1 saturated heterocycles. The van der Waals surface area contributed by atoms with E-state index in [1.165, 1.54) is 0 Å². The number of pyridine rings is 1. The van der Waals surface area contributed by atoms with Gasteiger partial charge in [-0.25, -0.2) is 4.98 Å². The van der Waals surface area contributed by atoms with E-state index in [-0.39, 0.29) is 5.54 Å². The second-order valence-electron chi connectivity index (χ2n) is 7.37. The Kier molecular flexibility index (Phi) is 4.26. The lowest BCUT2D eigenvalue weighted by Crippen LogP contribution is -2.40. The lowest BCUT2D eigenvalue weighted by atomic mass is 9.97. The first-order chi connectivity index (χ1) is 9.70. The van der Waals surface area contributed by atoms with E-state index in [1.807, 2.05) is 12.1 Å². The van der Waals surface area contributed by atoms with E-state index in [0.29, 0.717) is 17.4 Å². The minimum absolute atomic E-state index is 0.00701. The highest BCUT2D eigenvalue weighted by Gasteiger charge is 2.38. The van der Waals surface area contributed by atoms with Crippen molar-refractivity contribution in [2.45, 2.75) is 53.0 Å². The summed E-state index contributed by atoms with van der Waals surface area (Å²) in [7, 11) is 0. The molecule has 2 heterocycles. The molecule has 1 aliphatic rings. The van der Waals surface area contributed by atoms with E-state index in [9.17, 15) is 4.79 Å². The maximum Gasteiger partial charge on any atom is 0.252 e. The number of nitrogens with two attached hydrogens (primary N) is 1. The van der Waals surface area contributed by atoms with Crippen molar-refractivity contribution in [1.82, 2.24) is 4.98 Å². The van der Waals surface area contributed by atoms with Crippen LogP contribution in [0.4, 0.5) is 5.82 Å². The van der Waals surface area contributed by atoms with Gasteiger partial charge in [0.15, 0.2) is 0 Å². The fraction of sp³-hybridized carbons (Fsp3) is 0.647. The van der Waals surface area contributed by atoms with Crippen LogP contribution >= 0.6 is 0 Å². The summed E-state index contributed by atoms with van der Waals surface area (Å²) in [6.45, 7) is 11.9. The lowest BCUT2D eigenvalue weighted by Gasteiger charge is -2.34. The van der Waals surface area contributed by atoms with Gasteiger partial charge in [-0.15, -0.1) is 0 Å². The van der Waals surface area contributed by atoms with Gasteiger partial charge in [-0.2, -0.15) is 0 Å². The molecule has 1 aromatic rings. The number of carbonyl (C=O) groups excluding carboxylic acids is 1. The fourth-order valence-corrected chi connectivity index (χ4v) is 3.38. The monoisotopic (exact) mass is 289 g/mol. The number of hydrogen-bond acceptors (Lipinski definition) is 3. The molecule has 1 fully saturated rings. The van der Waals surface area contributed by atoms with Crippen LogP contribution in [0, 0.1) is 11.8 Å². The van der Waals surface area contributed by atoms with Gasteiger partial charge < -0.3 is 10.6 Å². The van der Waals surface area contributed by atoms with Crippen LogP contribution in [0.2, 0.25) is 0 Å². The molecule has 0 aromatic carbocycles. The molecular formula is C17H27N3O. The van der Waals surface area contributed by atoms with Gasteiger partial charge in [-0.1, -0.05) is 20.8 Å². The smallest absolute Gasteiger partial charge is 0.252 e. The topological polar surface area (TPSA) is 59.2 Å². The molecule has 2 N–H and O–H groups in total. The van der Waals surface area contributed by atoms with Crippen LogP contribution in [0.15, 0.2) is 12.1 Å². The summed E-state index contributed by atoms with van der Waals surface area (Å²) in [6, 6.07) is 3.76. The molecule has 1 amide bonds. The van der Waals surface area contributed by atoms with Crippen molar-refractivity contribution in [3.05, 3.63) is 23.4 Å². The predicted octanol–water partition coefficient (Wildman–Crippen LogP) is 3.00. The Morgan fingerprint density at radius 3 is 2.62 bits per heavy atom. The van der Waals surface area contributed by atoms with Crippen LogP contribution in [-0.4, -0.2) is 23.0 Å². The van der Waals surface area contributed by atoms with E-state index < -0.39 is 5.91 Å². The molecule has 4 nitrogen and oxygen atoms in total. The van der Waals surface area contributed by atoms with Crippen molar-refractivity contribution in [2.24, 2.45) is 17.6 Å². The first-order valence-corrected chi connectivity index (χ1v) is 7.78. The van der Waals surface area contributed by atoms with Crippen LogP contribution < -0.4 is 10.6 Å². The highest BCUT2D eigenvalue weighted by atomic mass is 16.1. The summed E-state index contributed by atoms with van der Waals surface area (Å²) in [4.78, 5) is 18.8. The van der Waals surface area contributed by atoms with E-state index in [0.717, 1.165) is 30.9 Å². The van der Waals surface area contributed by atoms with Crippen LogP contribution in [0.25, 0.3) is 0 Å². The van der Waals surface area contributed by atoms with Gasteiger partial charge in [-0.3, -0.25) is 4.79 Å². The number of primary amides is 1. The van der Waals surface area contributed by atoms with Gasteiger partial charge in [-0.05, 0) is 50.7 Å².